The van der Waals surface area contributed by atoms with Gasteiger partial charge in [0.05, 0.1) is 12.6 Å². The Kier molecular flexibility index (Phi) is 5.69. The Hall–Kier alpha value is -0.680. The topological polar surface area (TPSA) is 47.3 Å². The van der Waals surface area contributed by atoms with Crippen LogP contribution < -0.4 is 11.3 Å². The lowest BCUT2D eigenvalue weighted by atomic mass is 10.1. The van der Waals surface area contributed by atoms with E-state index in [-0.39, 0.29) is 11.9 Å². The number of halogens is 2. The Morgan fingerprint density at radius 1 is 1.56 bits per heavy atom. The normalized spacial score (nSPS) is 12.8. The van der Waals surface area contributed by atoms with Gasteiger partial charge in [0, 0.05) is 11.6 Å². The van der Waals surface area contributed by atoms with Crippen molar-refractivity contribution in [2.45, 2.75) is 19.4 Å². The van der Waals surface area contributed by atoms with Crippen molar-refractivity contribution in [1.29, 1.82) is 0 Å². The van der Waals surface area contributed by atoms with Gasteiger partial charge in [0.25, 0.3) is 0 Å². The highest BCUT2D eigenvalue weighted by Gasteiger charge is 2.13. The van der Waals surface area contributed by atoms with E-state index in [2.05, 4.69) is 5.43 Å². The van der Waals surface area contributed by atoms with Crippen molar-refractivity contribution in [2.75, 3.05) is 13.2 Å². The Labute approximate surface area is 99.7 Å². The summed E-state index contributed by atoms with van der Waals surface area (Å²) in [4.78, 5) is 0. The molecule has 0 saturated carbocycles. The number of benzene rings is 1. The first-order valence-electron chi connectivity index (χ1n) is 5.17. The number of nitrogens with one attached hydrogen (secondary N) is 1. The van der Waals surface area contributed by atoms with E-state index >= 15 is 0 Å². The highest BCUT2D eigenvalue weighted by atomic mass is 35.5. The van der Waals surface area contributed by atoms with Crippen LogP contribution in [0.25, 0.3) is 0 Å². The van der Waals surface area contributed by atoms with Crippen LogP contribution >= 0.6 is 11.6 Å². The molecule has 0 spiro atoms. The zero-order valence-electron chi connectivity index (χ0n) is 9.17. The number of rotatable bonds is 6. The van der Waals surface area contributed by atoms with Crippen LogP contribution in [0.3, 0.4) is 0 Å². The van der Waals surface area contributed by atoms with Gasteiger partial charge in [-0.05, 0) is 24.1 Å². The molecular weight excluding hydrogens is 231 g/mol. The van der Waals surface area contributed by atoms with Gasteiger partial charge in [-0.25, -0.2) is 4.39 Å². The third-order valence-corrected chi connectivity index (χ3v) is 2.50. The fraction of sp³-hybridized carbons (Fsp3) is 0.455. The SMILES string of the molecule is CCCOCC(NN)c1ccc(F)cc1Cl. The van der Waals surface area contributed by atoms with E-state index < -0.39 is 0 Å². The van der Waals surface area contributed by atoms with Crippen molar-refractivity contribution in [3.8, 4) is 0 Å². The van der Waals surface area contributed by atoms with E-state index in [1.165, 1.54) is 12.1 Å². The lowest BCUT2D eigenvalue weighted by molar-refractivity contribution is 0.112. The predicted molar refractivity (Wildman–Crippen MR) is 62.6 cm³/mol. The quantitative estimate of drug-likeness (QED) is 0.460. The summed E-state index contributed by atoms with van der Waals surface area (Å²) in [6.07, 6.45) is 0.939. The first-order valence-corrected chi connectivity index (χ1v) is 5.55. The molecule has 16 heavy (non-hydrogen) atoms. The first-order chi connectivity index (χ1) is 7.69. The minimum Gasteiger partial charge on any atom is -0.379 e. The minimum absolute atomic E-state index is 0.223. The van der Waals surface area contributed by atoms with Gasteiger partial charge in [-0.3, -0.25) is 11.3 Å². The Bertz CT molecular complexity index is 336. The maximum atomic E-state index is 12.9. The van der Waals surface area contributed by atoms with E-state index in [9.17, 15) is 4.39 Å². The summed E-state index contributed by atoms with van der Waals surface area (Å²) in [5.41, 5.74) is 3.34. The molecule has 0 saturated heterocycles. The molecule has 0 aliphatic carbocycles. The number of hydrazine groups is 1. The third kappa shape index (κ3) is 3.72. The second kappa shape index (κ2) is 6.81. The van der Waals surface area contributed by atoms with Crippen LogP contribution in [0.5, 0.6) is 0 Å². The average molecular weight is 247 g/mol. The number of hydrogen-bond donors (Lipinski definition) is 2. The molecule has 0 aliphatic rings. The average Bonchev–Trinajstić information content (AvgIpc) is 2.26. The van der Waals surface area contributed by atoms with Crippen LogP contribution in [-0.2, 0) is 4.74 Å². The van der Waals surface area contributed by atoms with Gasteiger partial charge in [0.2, 0.25) is 0 Å². The molecule has 0 aliphatic heterocycles. The fourth-order valence-corrected chi connectivity index (χ4v) is 1.66. The summed E-state index contributed by atoms with van der Waals surface area (Å²) in [5, 5.41) is 0.350. The third-order valence-electron chi connectivity index (χ3n) is 2.17. The summed E-state index contributed by atoms with van der Waals surface area (Å²) in [5.74, 6) is 5.05. The monoisotopic (exact) mass is 246 g/mol. The summed E-state index contributed by atoms with van der Waals surface area (Å²) in [7, 11) is 0. The highest BCUT2D eigenvalue weighted by molar-refractivity contribution is 6.31. The predicted octanol–water partition coefficient (Wildman–Crippen LogP) is 2.41. The van der Waals surface area contributed by atoms with Crippen molar-refractivity contribution in [3.05, 3.63) is 34.6 Å². The number of hydrogen-bond acceptors (Lipinski definition) is 3. The second-order valence-corrected chi connectivity index (χ2v) is 3.87. The first kappa shape index (κ1) is 13.4. The van der Waals surface area contributed by atoms with Crippen molar-refractivity contribution in [1.82, 2.24) is 5.43 Å². The van der Waals surface area contributed by atoms with Gasteiger partial charge in [-0.2, -0.15) is 0 Å². The van der Waals surface area contributed by atoms with Gasteiger partial charge >= 0.3 is 0 Å². The van der Waals surface area contributed by atoms with Crippen LogP contribution in [0, 0.1) is 5.82 Å². The zero-order chi connectivity index (χ0) is 12.0. The molecule has 0 fully saturated rings. The van der Waals surface area contributed by atoms with Crippen LogP contribution in [0.1, 0.15) is 24.9 Å². The lowest BCUT2D eigenvalue weighted by Gasteiger charge is -2.17. The molecule has 1 rings (SSSR count). The fourth-order valence-electron chi connectivity index (χ4n) is 1.36. The molecule has 0 bridgehead atoms. The van der Waals surface area contributed by atoms with Gasteiger partial charge in [-0.1, -0.05) is 24.6 Å². The van der Waals surface area contributed by atoms with Crippen molar-refractivity contribution < 1.29 is 9.13 Å². The molecule has 5 heteroatoms. The smallest absolute Gasteiger partial charge is 0.124 e. The van der Waals surface area contributed by atoms with Crippen molar-refractivity contribution >= 4 is 11.6 Å². The van der Waals surface area contributed by atoms with Crippen molar-refractivity contribution in [2.24, 2.45) is 5.84 Å². The summed E-state index contributed by atoms with van der Waals surface area (Å²) in [6.45, 7) is 3.10. The maximum absolute atomic E-state index is 12.9. The van der Waals surface area contributed by atoms with Crippen LogP contribution in [-0.4, -0.2) is 13.2 Å². The van der Waals surface area contributed by atoms with Gasteiger partial charge in [0.15, 0.2) is 0 Å². The Morgan fingerprint density at radius 2 is 2.31 bits per heavy atom. The van der Waals surface area contributed by atoms with Crippen LogP contribution in [0.2, 0.25) is 5.02 Å². The van der Waals surface area contributed by atoms with Gasteiger partial charge < -0.3 is 4.74 Å². The largest absolute Gasteiger partial charge is 0.379 e. The van der Waals surface area contributed by atoms with Gasteiger partial charge in [-0.15, -0.1) is 0 Å². The standard InChI is InChI=1S/C11H16ClFN2O/c1-2-5-16-7-11(15-14)9-4-3-8(13)6-10(9)12/h3-4,6,11,15H,2,5,7,14H2,1H3. The lowest BCUT2D eigenvalue weighted by Crippen LogP contribution is -2.31. The molecule has 1 aromatic carbocycles. The van der Waals surface area contributed by atoms with E-state index in [1.807, 2.05) is 6.92 Å². The second-order valence-electron chi connectivity index (χ2n) is 3.46. The summed E-state index contributed by atoms with van der Waals surface area (Å²) < 4.78 is 18.2. The number of ether oxygens (including phenoxy) is 1. The molecular formula is C11H16ClFN2O. The molecule has 0 aromatic heterocycles. The molecule has 90 valence electrons. The van der Waals surface area contributed by atoms with Gasteiger partial charge in [0.1, 0.15) is 5.82 Å². The van der Waals surface area contributed by atoms with Crippen LogP contribution in [0.4, 0.5) is 4.39 Å². The molecule has 0 heterocycles. The van der Waals surface area contributed by atoms with E-state index in [0.29, 0.717) is 18.2 Å². The molecule has 0 radical (unpaired) electrons. The molecule has 0 amide bonds. The van der Waals surface area contributed by atoms with Crippen LogP contribution in [0.15, 0.2) is 18.2 Å². The molecule has 3 N–H and O–H groups in total. The minimum atomic E-state index is -0.362. The molecule has 1 aromatic rings. The Balaban J connectivity index is 2.70. The van der Waals surface area contributed by atoms with E-state index in [4.69, 9.17) is 22.2 Å². The Morgan fingerprint density at radius 3 is 2.88 bits per heavy atom. The molecule has 1 unspecified atom stereocenters. The maximum Gasteiger partial charge on any atom is 0.124 e. The molecule has 3 nitrogen and oxygen atoms in total. The summed E-state index contributed by atoms with van der Waals surface area (Å²) >= 11 is 5.92. The van der Waals surface area contributed by atoms with Crippen molar-refractivity contribution in [3.63, 3.8) is 0 Å². The summed E-state index contributed by atoms with van der Waals surface area (Å²) in [6, 6.07) is 4.00. The molecule has 1 atom stereocenters. The highest BCUT2D eigenvalue weighted by Crippen LogP contribution is 2.23. The van der Waals surface area contributed by atoms with E-state index in [1.54, 1.807) is 6.07 Å². The number of nitrogens with two attached hydrogens (primary N) is 1. The van der Waals surface area contributed by atoms with E-state index in [0.717, 1.165) is 12.0 Å². The zero-order valence-corrected chi connectivity index (χ0v) is 9.93.